The zero-order valence-corrected chi connectivity index (χ0v) is 12.0. The highest BCUT2D eigenvalue weighted by Gasteiger charge is 2.28. The number of nitrogens with one attached hydrogen (secondary N) is 1. The SMILES string of the molecule is CCNC(CCN1CCC(C)(CC)CC1)C(=O)O. The number of carboxylic acids is 1. The van der Waals surface area contributed by atoms with E-state index >= 15 is 0 Å². The lowest BCUT2D eigenvalue weighted by Gasteiger charge is -2.39. The first-order chi connectivity index (χ1) is 8.50. The Labute approximate surface area is 111 Å². The van der Waals surface area contributed by atoms with Crippen molar-refractivity contribution >= 4 is 5.97 Å². The van der Waals surface area contributed by atoms with E-state index in [1.54, 1.807) is 0 Å². The monoisotopic (exact) mass is 256 g/mol. The van der Waals surface area contributed by atoms with Gasteiger partial charge in [-0.3, -0.25) is 4.79 Å². The molecule has 4 heteroatoms. The van der Waals surface area contributed by atoms with Crippen LogP contribution in [0.4, 0.5) is 0 Å². The fourth-order valence-electron chi connectivity index (χ4n) is 2.54. The summed E-state index contributed by atoms with van der Waals surface area (Å²) in [5.74, 6) is -0.729. The number of hydrogen-bond acceptors (Lipinski definition) is 3. The molecule has 18 heavy (non-hydrogen) atoms. The number of likely N-dealkylation sites (tertiary alicyclic amines) is 1. The lowest BCUT2D eigenvalue weighted by Crippen LogP contribution is -2.43. The standard InChI is InChI=1S/C14H28N2O2/c1-4-14(3)7-10-16(11-8-14)9-6-12(13(17)18)15-5-2/h12,15H,4-11H2,1-3H3,(H,17,18). The Morgan fingerprint density at radius 3 is 2.44 bits per heavy atom. The molecule has 2 N–H and O–H groups in total. The third kappa shape index (κ3) is 4.58. The first kappa shape index (κ1) is 15.4. The molecule has 0 saturated carbocycles. The van der Waals surface area contributed by atoms with Crippen molar-refractivity contribution < 1.29 is 9.90 Å². The molecule has 106 valence electrons. The van der Waals surface area contributed by atoms with Gasteiger partial charge in [0.1, 0.15) is 6.04 Å². The van der Waals surface area contributed by atoms with Crippen molar-refractivity contribution in [3.05, 3.63) is 0 Å². The molecule has 1 fully saturated rings. The van der Waals surface area contributed by atoms with Crippen LogP contribution in [0.5, 0.6) is 0 Å². The maximum Gasteiger partial charge on any atom is 0.320 e. The van der Waals surface area contributed by atoms with Gasteiger partial charge >= 0.3 is 5.97 Å². The van der Waals surface area contributed by atoms with Crippen molar-refractivity contribution in [3.8, 4) is 0 Å². The summed E-state index contributed by atoms with van der Waals surface area (Å²) in [5.41, 5.74) is 0.504. The van der Waals surface area contributed by atoms with Gasteiger partial charge in [-0.25, -0.2) is 0 Å². The molecule has 0 aliphatic carbocycles. The predicted octanol–water partition coefficient (Wildman–Crippen LogP) is 1.95. The van der Waals surface area contributed by atoms with Gasteiger partial charge in [0, 0.05) is 6.54 Å². The topological polar surface area (TPSA) is 52.6 Å². The second-order valence-electron chi connectivity index (χ2n) is 5.74. The zero-order chi connectivity index (χ0) is 13.6. The van der Waals surface area contributed by atoms with Gasteiger partial charge in [0.15, 0.2) is 0 Å². The fraction of sp³-hybridized carbons (Fsp3) is 0.929. The van der Waals surface area contributed by atoms with Crippen LogP contribution in [0.3, 0.4) is 0 Å². The van der Waals surface area contributed by atoms with Gasteiger partial charge in [-0.1, -0.05) is 27.2 Å². The molecule has 1 aliphatic rings. The van der Waals surface area contributed by atoms with Crippen LogP contribution in [0.1, 0.15) is 46.5 Å². The summed E-state index contributed by atoms with van der Waals surface area (Å²) in [6, 6.07) is -0.394. The first-order valence-electron chi connectivity index (χ1n) is 7.19. The molecule has 0 aromatic carbocycles. The molecule has 0 radical (unpaired) electrons. The van der Waals surface area contributed by atoms with Crippen LogP contribution in [-0.4, -0.2) is 48.2 Å². The molecular formula is C14H28N2O2. The molecule has 4 nitrogen and oxygen atoms in total. The lowest BCUT2D eigenvalue weighted by atomic mass is 9.78. The quantitative estimate of drug-likeness (QED) is 0.731. The van der Waals surface area contributed by atoms with Crippen LogP contribution in [0.25, 0.3) is 0 Å². The molecule has 1 heterocycles. The molecule has 0 aromatic heterocycles. The van der Waals surface area contributed by atoms with Crippen LogP contribution >= 0.6 is 0 Å². The molecular weight excluding hydrogens is 228 g/mol. The third-order valence-corrected chi connectivity index (χ3v) is 4.40. The van der Waals surface area contributed by atoms with E-state index in [0.29, 0.717) is 18.4 Å². The van der Waals surface area contributed by atoms with E-state index in [1.165, 1.54) is 19.3 Å². The van der Waals surface area contributed by atoms with Crippen molar-refractivity contribution in [2.75, 3.05) is 26.2 Å². The molecule has 0 aromatic rings. The van der Waals surface area contributed by atoms with Crippen molar-refractivity contribution in [2.45, 2.75) is 52.5 Å². The van der Waals surface area contributed by atoms with Gasteiger partial charge in [-0.2, -0.15) is 0 Å². The van der Waals surface area contributed by atoms with E-state index in [1.807, 2.05) is 6.92 Å². The van der Waals surface area contributed by atoms with E-state index in [2.05, 4.69) is 24.1 Å². The van der Waals surface area contributed by atoms with E-state index < -0.39 is 12.0 Å². The summed E-state index contributed by atoms with van der Waals surface area (Å²) < 4.78 is 0. The fourth-order valence-corrected chi connectivity index (χ4v) is 2.54. The van der Waals surface area contributed by atoms with Gasteiger partial charge < -0.3 is 15.3 Å². The minimum Gasteiger partial charge on any atom is -0.480 e. The van der Waals surface area contributed by atoms with Crippen molar-refractivity contribution in [3.63, 3.8) is 0 Å². The smallest absolute Gasteiger partial charge is 0.320 e. The van der Waals surface area contributed by atoms with Gasteiger partial charge in [-0.15, -0.1) is 0 Å². The Bertz CT molecular complexity index is 261. The van der Waals surface area contributed by atoms with Gasteiger partial charge in [0.05, 0.1) is 0 Å². The van der Waals surface area contributed by atoms with Crippen LogP contribution in [0.15, 0.2) is 0 Å². The summed E-state index contributed by atoms with van der Waals surface area (Å²) >= 11 is 0. The molecule has 1 saturated heterocycles. The Kier molecular flexibility index (Phi) is 6.09. The van der Waals surface area contributed by atoms with E-state index in [-0.39, 0.29) is 0 Å². The molecule has 1 aliphatic heterocycles. The second kappa shape index (κ2) is 7.10. The molecule has 1 rings (SSSR count). The second-order valence-corrected chi connectivity index (χ2v) is 5.74. The Morgan fingerprint density at radius 2 is 2.00 bits per heavy atom. The maximum atomic E-state index is 11.0. The summed E-state index contributed by atoms with van der Waals surface area (Å²) in [6.45, 7) is 10.4. The van der Waals surface area contributed by atoms with E-state index in [0.717, 1.165) is 19.6 Å². The molecule has 1 atom stereocenters. The summed E-state index contributed by atoms with van der Waals surface area (Å²) in [7, 11) is 0. The van der Waals surface area contributed by atoms with Crippen molar-refractivity contribution in [1.29, 1.82) is 0 Å². The van der Waals surface area contributed by atoms with Gasteiger partial charge in [0.2, 0.25) is 0 Å². The van der Waals surface area contributed by atoms with Crippen molar-refractivity contribution in [2.24, 2.45) is 5.41 Å². The largest absolute Gasteiger partial charge is 0.480 e. The number of rotatable bonds is 7. The van der Waals surface area contributed by atoms with E-state index in [9.17, 15) is 4.79 Å². The van der Waals surface area contributed by atoms with Crippen molar-refractivity contribution in [1.82, 2.24) is 10.2 Å². The highest BCUT2D eigenvalue weighted by molar-refractivity contribution is 5.73. The summed E-state index contributed by atoms with van der Waals surface area (Å²) in [5, 5.41) is 12.1. The number of carbonyl (C=O) groups is 1. The number of piperidine rings is 1. The third-order valence-electron chi connectivity index (χ3n) is 4.40. The Balaban J connectivity index is 2.30. The molecule has 0 bridgehead atoms. The molecule has 0 amide bonds. The van der Waals surface area contributed by atoms with Crippen LogP contribution in [-0.2, 0) is 4.79 Å². The number of aliphatic carboxylic acids is 1. The van der Waals surface area contributed by atoms with Crippen LogP contribution in [0, 0.1) is 5.41 Å². The predicted molar refractivity (Wildman–Crippen MR) is 73.8 cm³/mol. The van der Waals surface area contributed by atoms with Gasteiger partial charge in [-0.05, 0) is 44.3 Å². The first-order valence-corrected chi connectivity index (χ1v) is 7.19. The summed E-state index contributed by atoms with van der Waals surface area (Å²) in [4.78, 5) is 13.4. The number of nitrogens with zero attached hydrogens (tertiary/aromatic N) is 1. The van der Waals surface area contributed by atoms with E-state index in [4.69, 9.17) is 5.11 Å². The average molecular weight is 256 g/mol. The van der Waals surface area contributed by atoms with Gasteiger partial charge in [0.25, 0.3) is 0 Å². The zero-order valence-electron chi connectivity index (χ0n) is 12.0. The highest BCUT2D eigenvalue weighted by atomic mass is 16.4. The van der Waals surface area contributed by atoms with Crippen LogP contribution < -0.4 is 5.32 Å². The minimum absolute atomic E-state index is 0.394. The minimum atomic E-state index is -0.729. The number of hydrogen-bond donors (Lipinski definition) is 2. The maximum absolute atomic E-state index is 11.0. The molecule has 0 spiro atoms. The summed E-state index contributed by atoms with van der Waals surface area (Å²) in [6.07, 6.45) is 4.42. The lowest BCUT2D eigenvalue weighted by molar-refractivity contribution is -0.139. The Morgan fingerprint density at radius 1 is 1.39 bits per heavy atom. The normalized spacial score (nSPS) is 21.7. The number of likely N-dealkylation sites (N-methyl/N-ethyl adjacent to an activating group) is 1. The van der Waals surface area contributed by atoms with Crippen LogP contribution in [0.2, 0.25) is 0 Å². The Hall–Kier alpha value is -0.610. The highest BCUT2D eigenvalue weighted by Crippen LogP contribution is 2.33. The molecule has 1 unspecified atom stereocenters. The number of carboxylic acid groups (broad SMARTS) is 1. The average Bonchev–Trinajstić information content (AvgIpc) is 2.36.